The summed E-state index contributed by atoms with van der Waals surface area (Å²) >= 11 is 1.53. The Balaban J connectivity index is 1.50. The van der Waals surface area contributed by atoms with Gasteiger partial charge in [-0.1, -0.05) is 12.1 Å². The van der Waals surface area contributed by atoms with Gasteiger partial charge in [0, 0.05) is 29.6 Å². The van der Waals surface area contributed by atoms with Crippen LogP contribution < -0.4 is 5.32 Å². The van der Waals surface area contributed by atoms with Crippen LogP contribution in [0.3, 0.4) is 0 Å². The number of benzene rings is 1. The Labute approximate surface area is 150 Å². The Bertz CT molecular complexity index is 913. The highest BCUT2D eigenvalue weighted by Gasteiger charge is 2.21. The lowest BCUT2D eigenvalue weighted by Gasteiger charge is -2.11. The Morgan fingerprint density at radius 2 is 2.24 bits per heavy atom. The number of carbonyl (C=O) groups excluding carboxylic acids is 1. The standard InChI is InChI=1S/C20H20N2O2S/c1-13-6-7-16-14(4-2-10-21-16)15(13)12-22-20(23)19-9-8-18(25-19)17-5-3-11-24-17/h2,4,6-10,17H,3,5,11-12H2,1H3,(H,22,23)/t17-/m1/s1. The summed E-state index contributed by atoms with van der Waals surface area (Å²) in [7, 11) is 0. The topological polar surface area (TPSA) is 51.2 Å². The largest absolute Gasteiger partial charge is 0.373 e. The number of nitrogens with zero attached hydrogens (tertiary/aromatic N) is 1. The summed E-state index contributed by atoms with van der Waals surface area (Å²) in [6.07, 6.45) is 4.10. The molecule has 1 atom stereocenters. The van der Waals surface area contributed by atoms with E-state index in [0.717, 1.165) is 51.2 Å². The maximum atomic E-state index is 12.5. The molecule has 3 heterocycles. The first kappa shape index (κ1) is 16.2. The maximum Gasteiger partial charge on any atom is 0.261 e. The van der Waals surface area contributed by atoms with Crippen LogP contribution in [0.15, 0.2) is 42.6 Å². The number of hydrogen-bond acceptors (Lipinski definition) is 4. The minimum atomic E-state index is -0.0328. The van der Waals surface area contributed by atoms with Gasteiger partial charge in [-0.25, -0.2) is 0 Å². The van der Waals surface area contributed by atoms with Crippen molar-refractivity contribution < 1.29 is 9.53 Å². The Morgan fingerprint density at radius 3 is 3.08 bits per heavy atom. The second-order valence-corrected chi connectivity index (χ2v) is 7.43. The molecule has 0 radical (unpaired) electrons. The molecule has 1 aliphatic rings. The summed E-state index contributed by atoms with van der Waals surface area (Å²) in [4.78, 5) is 18.8. The molecule has 1 amide bonds. The van der Waals surface area contributed by atoms with Gasteiger partial charge in [-0.3, -0.25) is 9.78 Å². The summed E-state index contributed by atoms with van der Waals surface area (Å²) in [6.45, 7) is 3.38. The molecule has 0 spiro atoms. The van der Waals surface area contributed by atoms with Crippen molar-refractivity contribution in [2.45, 2.75) is 32.4 Å². The number of rotatable bonds is 4. The molecule has 0 unspecified atom stereocenters. The van der Waals surface area contributed by atoms with Crippen molar-refractivity contribution >= 4 is 28.1 Å². The number of aryl methyl sites for hydroxylation is 1. The molecule has 25 heavy (non-hydrogen) atoms. The molecule has 1 saturated heterocycles. The zero-order valence-corrected chi connectivity index (χ0v) is 14.9. The first-order valence-corrected chi connectivity index (χ1v) is 9.37. The average Bonchev–Trinajstić information content (AvgIpc) is 3.32. The summed E-state index contributed by atoms with van der Waals surface area (Å²) in [5.74, 6) is -0.0328. The van der Waals surface area contributed by atoms with Crippen molar-refractivity contribution in [3.8, 4) is 0 Å². The smallest absolute Gasteiger partial charge is 0.261 e. The molecule has 2 aromatic heterocycles. The molecule has 1 N–H and O–H groups in total. The van der Waals surface area contributed by atoms with Gasteiger partial charge in [0.05, 0.1) is 16.5 Å². The number of hydrogen-bond donors (Lipinski definition) is 1. The van der Waals surface area contributed by atoms with E-state index in [1.165, 1.54) is 11.3 Å². The van der Waals surface area contributed by atoms with Gasteiger partial charge in [0.1, 0.15) is 0 Å². The Morgan fingerprint density at radius 1 is 1.32 bits per heavy atom. The average molecular weight is 352 g/mol. The van der Waals surface area contributed by atoms with E-state index in [2.05, 4.69) is 29.4 Å². The lowest BCUT2D eigenvalue weighted by molar-refractivity contribution is 0.0955. The highest BCUT2D eigenvalue weighted by atomic mass is 32.1. The Kier molecular flexibility index (Phi) is 4.51. The zero-order chi connectivity index (χ0) is 17.2. The third-order valence-corrected chi connectivity index (χ3v) is 5.83. The zero-order valence-electron chi connectivity index (χ0n) is 14.1. The molecule has 0 bridgehead atoms. The van der Waals surface area contributed by atoms with Crippen LogP contribution in [-0.4, -0.2) is 17.5 Å². The lowest BCUT2D eigenvalue weighted by atomic mass is 10.0. The number of thiophene rings is 1. The molecule has 4 rings (SSSR count). The SMILES string of the molecule is Cc1ccc2ncccc2c1CNC(=O)c1ccc([C@H]2CCCO2)s1. The number of carbonyl (C=O) groups is 1. The second-order valence-electron chi connectivity index (χ2n) is 6.32. The van der Waals surface area contributed by atoms with Gasteiger partial charge in [-0.15, -0.1) is 11.3 Å². The molecule has 0 aliphatic carbocycles. The molecule has 3 aromatic rings. The number of ether oxygens (including phenoxy) is 1. The fourth-order valence-corrected chi connectivity index (χ4v) is 4.27. The molecule has 1 aliphatic heterocycles. The molecule has 1 fully saturated rings. The van der Waals surface area contributed by atoms with Crippen molar-refractivity contribution in [3.05, 3.63) is 63.5 Å². The maximum absolute atomic E-state index is 12.5. The van der Waals surface area contributed by atoms with Gasteiger partial charge in [0.2, 0.25) is 0 Å². The van der Waals surface area contributed by atoms with Crippen LogP contribution in [0.1, 0.15) is 44.6 Å². The van der Waals surface area contributed by atoms with E-state index in [9.17, 15) is 4.79 Å². The molecular weight excluding hydrogens is 332 g/mol. The predicted molar refractivity (Wildman–Crippen MR) is 99.9 cm³/mol. The fourth-order valence-electron chi connectivity index (χ4n) is 3.26. The minimum Gasteiger partial charge on any atom is -0.373 e. The quantitative estimate of drug-likeness (QED) is 0.758. The van der Waals surface area contributed by atoms with Crippen molar-refractivity contribution in [3.63, 3.8) is 0 Å². The van der Waals surface area contributed by atoms with Crippen molar-refractivity contribution in [2.75, 3.05) is 6.61 Å². The highest BCUT2D eigenvalue weighted by Crippen LogP contribution is 2.33. The van der Waals surface area contributed by atoms with Crippen LogP contribution in [0.4, 0.5) is 0 Å². The number of pyridine rings is 1. The van der Waals surface area contributed by atoms with Gasteiger partial charge in [-0.05, 0) is 55.2 Å². The third kappa shape index (κ3) is 3.30. The van der Waals surface area contributed by atoms with Gasteiger partial charge in [0.25, 0.3) is 5.91 Å². The van der Waals surface area contributed by atoms with Crippen LogP contribution in [0.2, 0.25) is 0 Å². The first-order chi connectivity index (χ1) is 12.2. The van der Waals surface area contributed by atoms with E-state index in [-0.39, 0.29) is 12.0 Å². The summed E-state index contributed by atoms with van der Waals surface area (Å²) < 4.78 is 5.70. The van der Waals surface area contributed by atoms with E-state index in [0.29, 0.717) is 6.54 Å². The van der Waals surface area contributed by atoms with Crippen LogP contribution in [0.25, 0.3) is 10.9 Å². The Hall–Kier alpha value is -2.24. The van der Waals surface area contributed by atoms with E-state index in [1.807, 2.05) is 24.3 Å². The number of amides is 1. The summed E-state index contributed by atoms with van der Waals surface area (Å²) in [5, 5.41) is 4.15. The number of fused-ring (bicyclic) bond motifs is 1. The fraction of sp³-hybridized carbons (Fsp3) is 0.300. The second kappa shape index (κ2) is 6.94. The number of aromatic nitrogens is 1. The van der Waals surface area contributed by atoms with Gasteiger partial charge >= 0.3 is 0 Å². The van der Waals surface area contributed by atoms with E-state index >= 15 is 0 Å². The molecule has 4 nitrogen and oxygen atoms in total. The van der Waals surface area contributed by atoms with Gasteiger partial charge < -0.3 is 10.1 Å². The predicted octanol–water partition coefficient (Wildman–Crippen LogP) is 4.39. The summed E-state index contributed by atoms with van der Waals surface area (Å²) in [6, 6.07) is 12.0. The third-order valence-electron chi connectivity index (χ3n) is 4.65. The van der Waals surface area contributed by atoms with Crippen LogP contribution in [0, 0.1) is 6.92 Å². The van der Waals surface area contributed by atoms with Crippen molar-refractivity contribution in [1.82, 2.24) is 10.3 Å². The van der Waals surface area contributed by atoms with E-state index in [4.69, 9.17) is 4.74 Å². The van der Waals surface area contributed by atoms with Gasteiger partial charge in [-0.2, -0.15) is 0 Å². The van der Waals surface area contributed by atoms with Crippen molar-refractivity contribution in [2.24, 2.45) is 0 Å². The van der Waals surface area contributed by atoms with Crippen LogP contribution in [-0.2, 0) is 11.3 Å². The minimum absolute atomic E-state index is 0.0328. The molecule has 5 heteroatoms. The lowest BCUT2D eigenvalue weighted by Crippen LogP contribution is -2.22. The monoisotopic (exact) mass is 352 g/mol. The van der Waals surface area contributed by atoms with Crippen molar-refractivity contribution in [1.29, 1.82) is 0 Å². The van der Waals surface area contributed by atoms with Crippen LogP contribution in [0.5, 0.6) is 0 Å². The normalized spacial score (nSPS) is 17.1. The molecular formula is C20H20N2O2S. The molecule has 128 valence electrons. The highest BCUT2D eigenvalue weighted by molar-refractivity contribution is 7.14. The van der Waals surface area contributed by atoms with E-state index in [1.54, 1.807) is 6.20 Å². The molecule has 1 aromatic carbocycles. The first-order valence-electron chi connectivity index (χ1n) is 8.55. The summed E-state index contributed by atoms with van der Waals surface area (Å²) in [5.41, 5.74) is 3.23. The van der Waals surface area contributed by atoms with Gasteiger partial charge in [0.15, 0.2) is 0 Å². The van der Waals surface area contributed by atoms with E-state index < -0.39 is 0 Å². The number of nitrogens with one attached hydrogen (secondary N) is 1. The molecule has 0 saturated carbocycles. The van der Waals surface area contributed by atoms with Crippen LogP contribution >= 0.6 is 11.3 Å².